The molecular formula is C17H12Cl2N4O2S2. The largest absolute Gasteiger partial charge is 0.329 e. The van der Waals surface area contributed by atoms with Crippen LogP contribution in [0.1, 0.15) is 0 Å². The highest BCUT2D eigenvalue weighted by Crippen LogP contribution is 2.38. The highest BCUT2D eigenvalue weighted by Gasteiger charge is 2.16. The molecule has 0 spiro atoms. The monoisotopic (exact) mass is 438 g/mol. The molecule has 0 aliphatic carbocycles. The van der Waals surface area contributed by atoms with Crippen LogP contribution < -0.4 is 11.0 Å². The molecule has 1 aromatic carbocycles. The summed E-state index contributed by atoms with van der Waals surface area (Å²) in [7, 11) is 1.68. The van der Waals surface area contributed by atoms with Gasteiger partial charge in [-0.2, -0.15) is 0 Å². The second kappa shape index (κ2) is 7.12. The van der Waals surface area contributed by atoms with E-state index in [1.165, 1.54) is 31.8 Å². The smallest absolute Gasteiger partial charge is 0.300 e. The third kappa shape index (κ3) is 3.41. The number of anilines is 1. The quantitative estimate of drug-likeness (QED) is 0.510. The average molecular weight is 439 g/mol. The van der Waals surface area contributed by atoms with E-state index < -0.39 is 0 Å². The molecule has 3 heterocycles. The Morgan fingerprint density at radius 1 is 1.26 bits per heavy atom. The summed E-state index contributed by atoms with van der Waals surface area (Å²) in [5.74, 6) is -0.330. The maximum Gasteiger partial charge on any atom is 0.329 e. The number of aromatic nitrogens is 3. The van der Waals surface area contributed by atoms with Crippen LogP contribution in [-0.2, 0) is 18.4 Å². The summed E-state index contributed by atoms with van der Waals surface area (Å²) in [6, 6.07) is 9.08. The number of fused-ring (bicyclic) bond motifs is 1. The van der Waals surface area contributed by atoms with E-state index in [2.05, 4.69) is 10.3 Å². The number of thiophene rings is 1. The Kier molecular flexibility index (Phi) is 4.81. The number of rotatable bonds is 4. The molecule has 0 aliphatic rings. The van der Waals surface area contributed by atoms with E-state index in [9.17, 15) is 9.59 Å². The molecule has 0 fully saturated rings. The van der Waals surface area contributed by atoms with Crippen molar-refractivity contribution in [3.8, 4) is 11.3 Å². The van der Waals surface area contributed by atoms with Gasteiger partial charge in [-0.05, 0) is 18.2 Å². The number of nitrogens with zero attached hydrogens (tertiary/aromatic N) is 3. The fourth-order valence-electron chi connectivity index (χ4n) is 2.79. The molecule has 0 aliphatic heterocycles. The van der Waals surface area contributed by atoms with Gasteiger partial charge in [0.15, 0.2) is 5.13 Å². The summed E-state index contributed by atoms with van der Waals surface area (Å²) in [5.41, 5.74) is 2.61. The number of nitrogens with one attached hydrogen (secondary N) is 1. The van der Waals surface area contributed by atoms with Crippen molar-refractivity contribution in [1.82, 2.24) is 14.1 Å². The van der Waals surface area contributed by atoms with E-state index in [4.69, 9.17) is 23.2 Å². The summed E-state index contributed by atoms with van der Waals surface area (Å²) < 4.78 is 4.08. The van der Waals surface area contributed by atoms with Gasteiger partial charge in [0.05, 0.1) is 21.1 Å². The number of para-hydroxylation sites is 2. The Bertz CT molecular complexity index is 1220. The number of carbonyl (C=O) groups is 1. The van der Waals surface area contributed by atoms with Gasteiger partial charge in [0, 0.05) is 18.0 Å². The van der Waals surface area contributed by atoms with E-state index in [0.717, 1.165) is 11.1 Å². The molecule has 0 saturated heterocycles. The summed E-state index contributed by atoms with van der Waals surface area (Å²) >= 11 is 14.7. The standard InChI is InChI=1S/C17H12Cl2N4O2S2/c1-22-11-4-2-3-5-12(11)23(17(22)25)7-14(24)21-16-20-10(8-26-16)9-6-13(18)27-15(9)19/h2-6,8H,7H2,1H3,(H,20,21,24). The number of benzene rings is 1. The normalized spacial score (nSPS) is 11.2. The topological polar surface area (TPSA) is 68.9 Å². The first-order valence-electron chi connectivity index (χ1n) is 7.79. The Balaban J connectivity index is 1.55. The third-order valence-corrected chi connectivity index (χ3v) is 6.28. The van der Waals surface area contributed by atoms with Crippen molar-refractivity contribution in [3.63, 3.8) is 0 Å². The fourth-order valence-corrected chi connectivity index (χ4v) is 5.00. The second-order valence-electron chi connectivity index (χ2n) is 5.74. The van der Waals surface area contributed by atoms with Gasteiger partial charge in [0.2, 0.25) is 5.91 Å². The first kappa shape index (κ1) is 18.2. The number of hydrogen-bond donors (Lipinski definition) is 1. The predicted molar refractivity (Wildman–Crippen MR) is 111 cm³/mol. The number of thiazole rings is 1. The molecule has 0 bridgehead atoms. The minimum atomic E-state index is -0.330. The minimum absolute atomic E-state index is 0.0971. The maximum atomic E-state index is 12.4. The van der Waals surface area contributed by atoms with Gasteiger partial charge in [-0.1, -0.05) is 35.3 Å². The zero-order valence-corrected chi connectivity index (χ0v) is 17.0. The van der Waals surface area contributed by atoms with E-state index in [1.807, 2.05) is 24.3 Å². The van der Waals surface area contributed by atoms with Gasteiger partial charge >= 0.3 is 5.69 Å². The lowest BCUT2D eigenvalue weighted by atomic mass is 10.3. The Labute approximate surface area is 171 Å². The van der Waals surface area contributed by atoms with Crippen LogP contribution in [0.5, 0.6) is 0 Å². The lowest BCUT2D eigenvalue weighted by molar-refractivity contribution is -0.116. The second-order valence-corrected chi connectivity index (χ2v) is 8.88. The molecule has 1 N–H and O–H groups in total. The van der Waals surface area contributed by atoms with Crippen molar-refractivity contribution in [2.24, 2.45) is 7.05 Å². The van der Waals surface area contributed by atoms with Gasteiger partial charge in [-0.25, -0.2) is 9.78 Å². The summed E-state index contributed by atoms with van der Waals surface area (Å²) in [6.45, 7) is -0.0971. The van der Waals surface area contributed by atoms with Crippen LogP contribution in [0, 0.1) is 0 Å². The highest BCUT2D eigenvalue weighted by molar-refractivity contribution is 7.20. The van der Waals surface area contributed by atoms with E-state index >= 15 is 0 Å². The van der Waals surface area contributed by atoms with Crippen LogP contribution >= 0.6 is 45.9 Å². The average Bonchev–Trinajstić information content (AvgIpc) is 3.29. The first-order valence-corrected chi connectivity index (χ1v) is 10.2. The summed E-state index contributed by atoms with van der Waals surface area (Å²) in [6.07, 6.45) is 0. The minimum Gasteiger partial charge on any atom is -0.300 e. The Morgan fingerprint density at radius 3 is 2.70 bits per heavy atom. The van der Waals surface area contributed by atoms with Crippen LogP contribution in [-0.4, -0.2) is 20.0 Å². The molecule has 4 aromatic rings. The zero-order valence-electron chi connectivity index (χ0n) is 13.9. The van der Waals surface area contributed by atoms with Crippen LogP contribution in [0.25, 0.3) is 22.3 Å². The van der Waals surface area contributed by atoms with Crippen LogP contribution in [0.2, 0.25) is 8.67 Å². The van der Waals surface area contributed by atoms with Gasteiger partial charge in [-0.3, -0.25) is 13.9 Å². The molecule has 4 rings (SSSR count). The molecule has 0 atom stereocenters. The van der Waals surface area contributed by atoms with Gasteiger partial charge in [-0.15, -0.1) is 22.7 Å². The number of amides is 1. The van der Waals surface area contributed by atoms with Crippen LogP contribution in [0.3, 0.4) is 0 Å². The number of aryl methyl sites for hydroxylation is 1. The Hall–Kier alpha value is -2.13. The summed E-state index contributed by atoms with van der Waals surface area (Å²) in [5, 5.41) is 4.96. The van der Waals surface area contributed by atoms with E-state index in [-0.39, 0.29) is 18.1 Å². The molecule has 138 valence electrons. The zero-order chi connectivity index (χ0) is 19.1. The lowest BCUT2D eigenvalue weighted by Gasteiger charge is -2.03. The number of carbonyl (C=O) groups excluding carboxylic acids is 1. The summed E-state index contributed by atoms with van der Waals surface area (Å²) in [4.78, 5) is 29.2. The molecule has 0 saturated carbocycles. The molecule has 10 heteroatoms. The fraction of sp³-hybridized carbons (Fsp3) is 0.118. The predicted octanol–water partition coefficient (Wildman–Crippen LogP) is 4.47. The van der Waals surface area contributed by atoms with Crippen molar-refractivity contribution >= 4 is 67.9 Å². The molecule has 1 amide bonds. The van der Waals surface area contributed by atoms with Crippen LogP contribution in [0.4, 0.5) is 5.13 Å². The van der Waals surface area contributed by atoms with Crippen molar-refractivity contribution in [3.05, 3.63) is 54.9 Å². The van der Waals surface area contributed by atoms with E-state index in [1.54, 1.807) is 18.5 Å². The molecule has 0 radical (unpaired) electrons. The SMILES string of the molecule is Cn1c(=O)n(CC(=O)Nc2nc(-c3cc(Cl)sc3Cl)cs2)c2ccccc21. The number of imidazole rings is 1. The number of hydrogen-bond acceptors (Lipinski definition) is 5. The molecule has 3 aromatic heterocycles. The Morgan fingerprint density at radius 2 is 2.00 bits per heavy atom. The molecule has 27 heavy (non-hydrogen) atoms. The van der Waals surface area contributed by atoms with Crippen molar-refractivity contribution < 1.29 is 4.79 Å². The van der Waals surface area contributed by atoms with Gasteiger partial charge < -0.3 is 5.32 Å². The number of halogens is 2. The third-order valence-electron chi connectivity index (χ3n) is 4.04. The van der Waals surface area contributed by atoms with Crippen molar-refractivity contribution in [1.29, 1.82) is 0 Å². The lowest BCUT2D eigenvalue weighted by Crippen LogP contribution is -2.28. The first-order chi connectivity index (χ1) is 12.9. The molecular weight excluding hydrogens is 427 g/mol. The maximum absolute atomic E-state index is 12.4. The van der Waals surface area contributed by atoms with Gasteiger partial charge in [0.25, 0.3) is 0 Å². The van der Waals surface area contributed by atoms with Gasteiger partial charge in [0.1, 0.15) is 10.9 Å². The van der Waals surface area contributed by atoms with Crippen molar-refractivity contribution in [2.75, 3.05) is 5.32 Å². The molecule has 6 nitrogen and oxygen atoms in total. The highest BCUT2D eigenvalue weighted by atomic mass is 35.5. The van der Waals surface area contributed by atoms with Crippen LogP contribution in [0.15, 0.2) is 40.5 Å². The van der Waals surface area contributed by atoms with Crippen molar-refractivity contribution in [2.45, 2.75) is 6.54 Å². The molecule has 0 unspecified atom stereocenters. The van der Waals surface area contributed by atoms with E-state index in [0.29, 0.717) is 25.0 Å².